The van der Waals surface area contributed by atoms with Gasteiger partial charge in [0.2, 0.25) is 5.91 Å². The van der Waals surface area contributed by atoms with Gasteiger partial charge in [0.25, 0.3) is 0 Å². The molecule has 2 N–H and O–H groups in total. The molecule has 1 saturated heterocycles. The molecule has 4 heteroatoms. The fourth-order valence-corrected chi connectivity index (χ4v) is 3.69. The smallest absolute Gasteiger partial charge is 0.248 e. The number of carbonyl (C=O) groups is 1. The van der Waals surface area contributed by atoms with E-state index in [0.717, 1.165) is 57.5 Å². The quantitative estimate of drug-likeness (QED) is 0.867. The van der Waals surface area contributed by atoms with Gasteiger partial charge in [0.15, 0.2) is 0 Å². The van der Waals surface area contributed by atoms with E-state index in [-0.39, 0.29) is 18.1 Å². The molecule has 2 rings (SSSR count). The lowest BCUT2D eigenvalue weighted by atomic mass is 9.68. The van der Waals surface area contributed by atoms with Crippen molar-refractivity contribution in [1.29, 1.82) is 0 Å². The number of nitrogens with two attached hydrogens (primary N) is 1. The average molecular weight is 296 g/mol. The van der Waals surface area contributed by atoms with E-state index in [1.54, 1.807) is 0 Å². The van der Waals surface area contributed by atoms with Gasteiger partial charge in [0, 0.05) is 19.6 Å². The van der Waals surface area contributed by atoms with E-state index in [9.17, 15) is 4.79 Å². The number of nitrogens with zero attached hydrogens (tertiary/aromatic N) is 1. The second-order valence-corrected chi connectivity index (χ2v) is 7.90. The Labute approximate surface area is 129 Å². The number of hydrogen-bond donors (Lipinski definition) is 1. The molecule has 0 aromatic rings. The minimum Gasteiger partial charge on any atom is -0.364 e. The summed E-state index contributed by atoms with van der Waals surface area (Å²) in [4.78, 5) is 14.1. The van der Waals surface area contributed by atoms with Crippen LogP contribution in [-0.4, -0.2) is 42.6 Å². The van der Waals surface area contributed by atoms with Crippen molar-refractivity contribution in [3.63, 3.8) is 0 Å². The van der Waals surface area contributed by atoms with Crippen LogP contribution in [0.25, 0.3) is 0 Å². The van der Waals surface area contributed by atoms with Crippen LogP contribution in [-0.2, 0) is 9.53 Å². The van der Waals surface area contributed by atoms with E-state index in [1.165, 1.54) is 0 Å². The average Bonchev–Trinajstić information content (AvgIpc) is 2.98. The zero-order valence-electron chi connectivity index (χ0n) is 14.0. The summed E-state index contributed by atoms with van der Waals surface area (Å²) in [5.74, 6) is 0.869. The third-order valence-electron chi connectivity index (χ3n) is 5.45. The van der Waals surface area contributed by atoms with E-state index in [0.29, 0.717) is 12.0 Å². The molecule has 1 aliphatic carbocycles. The Morgan fingerprint density at radius 1 is 1.24 bits per heavy atom. The molecule has 21 heavy (non-hydrogen) atoms. The highest BCUT2D eigenvalue weighted by molar-refractivity contribution is 5.77. The molecule has 0 unspecified atom stereocenters. The topological polar surface area (TPSA) is 55.6 Å². The van der Waals surface area contributed by atoms with Crippen molar-refractivity contribution in [2.45, 2.75) is 64.9 Å². The number of rotatable bonds is 4. The number of likely N-dealkylation sites (tertiary alicyclic amines) is 1. The lowest BCUT2D eigenvalue weighted by Crippen LogP contribution is -2.47. The summed E-state index contributed by atoms with van der Waals surface area (Å²) < 4.78 is 6.04. The highest BCUT2D eigenvalue weighted by Gasteiger charge is 2.39. The Hall–Kier alpha value is -0.610. The van der Waals surface area contributed by atoms with Crippen molar-refractivity contribution in [2.24, 2.45) is 17.1 Å². The third-order valence-corrected chi connectivity index (χ3v) is 5.45. The molecule has 0 aromatic carbocycles. The summed E-state index contributed by atoms with van der Waals surface area (Å²) in [6.07, 6.45) is 6.52. The van der Waals surface area contributed by atoms with Crippen molar-refractivity contribution in [2.75, 3.05) is 26.2 Å². The number of amides is 1. The Bertz CT molecular complexity index is 348. The second kappa shape index (κ2) is 6.66. The highest BCUT2D eigenvalue weighted by Crippen LogP contribution is 2.42. The summed E-state index contributed by atoms with van der Waals surface area (Å²) in [7, 11) is 0. The molecule has 0 aromatic heterocycles. The minimum absolute atomic E-state index is 0.137. The van der Waals surface area contributed by atoms with Crippen LogP contribution in [0.5, 0.6) is 0 Å². The van der Waals surface area contributed by atoms with Gasteiger partial charge < -0.3 is 15.4 Å². The summed E-state index contributed by atoms with van der Waals surface area (Å²) in [6.45, 7) is 9.45. The van der Waals surface area contributed by atoms with Crippen molar-refractivity contribution in [1.82, 2.24) is 4.90 Å². The largest absolute Gasteiger partial charge is 0.364 e. The molecule has 0 radical (unpaired) electrons. The first kappa shape index (κ1) is 16.8. The number of carbonyl (C=O) groups excluding carboxylic acids is 1. The maximum Gasteiger partial charge on any atom is 0.248 e. The van der Waals surface area contributed by atoms with Crippen LogP contribution < -0.4 is 5.73 Å². The van der Waals surface area contributed by atoms with Crippen molar-refractivity contribution >= 4 is 5.91 Å². The van der Waals surface area contributed by atoms with Gasteiger partial charge in [-0.1, -0.05) is 20.8 Å². The van der Waals surface area contributed by atoms with Gasteiger partial charge >= 0.3 is 0 Å². The van der Waals surface area contributed by atoms with Crippen molar-refractivity contribution in [3.05, 3.63) is 0 Å². The van der Waals surface area contributed by atoms with Gasteiger partial charge in [0.1, 0.15) is 6.61 Å². The Morgan fingerprint density at radius 2 is 1.81 bits per heavy atom. The van der Waals surface area contributed by atoms with Crippen LogP contribution in [0.2, 0.25) is 0 Å². The fourth-order valence-electron chi connectivity index (χ4n) is 3.69. The van der Waals surface area contributed by atoms with Crippen LogP contribution in [0.15, 0.2) is 0 Å². The number of ether oxygens (including phenoxy) is 1. The van der Waals surface area contributed by atoms with Crippen LogP contribution in [0, 0.1) is 11.3 Å². The maximum atomic E-state index is 12.1. The molecular formula is C17H32N2O2. The van der Waals surface area contributed by atoms with E-state index in [1.807, 2.05) is 4.90 Å². The molecule has 4 nitrogen and oxygen atoms in total. The van der Waals surface area contributed by atoms with Gasteiger partial charge in [-0.3, -0.25) is 4.79 Å². The highest BCUT2D eigenvalue weighted by atomic mass is 16.5. The van der Waals surface area contributed by atoms with Gasteiger partial charge in [-0.05, 0) is 49.9 Å². The summed E-state index contributed by atoms with van der Waals surface area (Å²) in [6, 6.07) is 0. The van der Waals surface area contributed by atoms with Crippen molar-refractivity contribution < 1.29 is 9.53 Å². The molecule has 1 saturated carbocycles. The van der Waals surface area contributed by atoms with E-state index in [2.05, 4.69) is 20.8 Å². The van der Waals surface area contributed by atoms with Crippen LogP contribution in [0.3, 0.4) is 0 Å². The SMILES string of the molecule is CC(C)(C)C1CCC(CN)(OCC(=O)N2CCCC2)CC1. The molecule has 122 valence electrons. The molecule has 0 bridgehead atoms. The molecule has 0 atom stereocenters. The zero-order valence-corrected chi connectivity index (χ0v) is 14.0. The van der Waals surface area contributed by atoms with Gasteiger partial charge in [-0.25, -0.2) is 0 Å². The first-order valence-corrected chi connectivity index (χ1v) is 8.48. The van der Waals surface area contributed by atoms with Crippen LogP contribution in [0.1, 0.15) is 59.3 Å². The first-order chi connectivity index (χ1) is 9.86. The lowest BCUT2D eigenvalue weighted by Gasteiger charge is -2.43. The maximum absolute atomic E-state index is 12.1. The molecule has 1 aliphatic heterocycles. The monoisotopic (exact) mass is 296 g/mol. The van der Waals surface area contributed by atoms with E-state index < -0.39 is 0 Å². The molecule has 1 heterocycles. The second-order valence-electron chi connectivity index (χ2n) is 7.90. The number of hydrogen-bond acceptors (Lipinski definition) is 3. The fraction of sp³-hybridized carbons (Fsp3) is 0.941. The summed E-state index contributed by atoms with van der Waals surface area (Å²) in [5, 5.41) is 0. The summed E-state index contributed by atoms with van der Waals surface area (Å²) >= 11 is 0. The normalized spacial score (nSPS) is 30.7. The van der Waals surface area contributed by atoms with E-state index >= 15 is 0 Å². The predicted molar refractivity (Wildman–Crippen MR) is 85.0 cm³/mol. The molecular weight excluding hydrogens is 264 g/mol. The van der Waals surface area contributed by atoms with Crippen molar-refractivity contribution in [3.8, 4) is 0 Å². The molecule has 1 amide bonds. The zero-order chi connectivity index (χ0) is 15.5. The minimum atomic E-state index is -0.267. The standard InChI is InChI=1S/C17H32N2O2/c1-16(2,3)14-6-8-17(13-18,9-7-14)21-12-15(20)19-10-4-5-11-19/h14H,4-13,18H2,1-3H3. The van der Waals surface area contributed by atoms with E-state index in [4.69, 9.17) is 10.5 Å². The Kier molecular flexibility index (Phi) is 5.31. The van der Waals surface area contributed by atoms with Gasteiger partial charge in [-0.15, -0.1) is 0 Å². The molecule has 0 spiro atoms. The predicted octanol–water partition coefficient (Wildman–Crippen LogP) is 2.56. The third kappa shape index (κ3) is 4.19. The Balaban J connectivity index is 1.84. The van der Waals surface area contributed by atoms with Crippen LogP contribution in [0.4, 0.5) is 0 Å². The lowest BCUT2D eigenvalue weighted by molar-refractivity contribution is -0.146. The van der Waals surface area contributed by atoms with Gasteiger partial charge in [-0.2, -0.15) is 0 Å². The molecule has 2 fully saturated rings. The summed E-state index contributed by atoms with van der Waals surface area (Å²) in [5.41, 5.74) is 6.07. The van der Waals surface area contributed by atoms with Gasteiger partial charge in [0.05, 0.1) is 5.60 Å². The molecule has 2 aliphatic rings. The van der Waals surface area contributed by atoms with Crippen LogP contribution >= 0.6 is 0 Å². The Morgan fingerprint density at radius 3 is 2.29 bits per heavy atom. The first-order valence-electron chi connectivity index (χ1n) is 8.48.